The molecule has 0 amide bonds. The van der Waals surface area contributed by atoms with E-state index in [0.29, 0.717) is 6.04 Å². The van der Waals surface area contributed by atoms with E-state index >= 15 is 0 Å². The van der Waals surface area contributed by atoms with Crippen LogP contribution in [0.1, 0.15) is 36.3 Å². The minimum Gasteiger partial charge on any atom is -0.371 e. The maximum atomic E-state index is 4.59. The molecule has 0 spiro atoms. The molecule has 0 saturated heterocycles. The first kappa shape index (κ1) is 14.3. The molecular weight excluding hydrogens is 282 g/mol. The number of hydrogen-bond acceptors (Lipinski definition) is 3. The van der Waals surface area contributed by atoms with Gasteiger partial charge in [-0.25, -0.2) is 0 Å². The lowest BCUT2D eigenvalue weighted by atomic mass is 9.96. The van der Waals surface area contributed by atoms with Crippen LogP contribution in [-0.4, -0.2) is 26.4 Å². The van der Waals surface area contributed by atoms with Crippen molar-refractivity contribution in [2.24, 2.45) is 5.10 Å². The van der Waals surface area contributed by atoms with Gasteiger partial charge in [0, 0.05) is 31.7 Å². The summed E-state index contributed by atoms with van der Waals surface area (Å²) in [6.07, 6.45) is 5.98. The molecule has 2 aromatic rings. The van der Waals surface area contributed by atoms with Crippen molar-refractivity contribution < 1.29 is 0 Å². The van der Waals surface area contributed by atoms with Gasteiger partial charge < -0.3 is 4.90 Å². The highest BCUT2D eigenvalue weighted by atomic mass is 15.4. The SMILES string of the molecule is CN(/N=C/c1ccc2c(c1)C1CCCC1N2C)c1ccccc1. The van der Waals surface area contributed by atoms with Crippen LogP contribution in [0.2, 0.25) is 0 Å². The molecule has 2 atom stereocenters. The van der Waals surface area contributed by atoms with E-state index in [0.717, 1.165) is 11.6 Å². The Bertz CT molecular complexity index is 723. The van der Waals surface area contributed by atoms with E-state index in [4.69, 9.17) is 0 Å². The van der Waals surface area contributed by atoms with Gasteiger partial charge >= 0.3 is 0 Å². The fourth-order valence-electron chi connectivity index (χ4n) is 4.08. The Morgan fingerprint density at radius 1 is 1.13 bits per heavy atom. The number of fused-ring (bicyclic) bond motifs is 3. The zero-order valence-electron chi connectivity index (χ0n) is 13.8. The van der Waals surface area contributed by atoms with Crippen LogP contribution in [0.25, 0.3) is 0 Å². The smallest absolute Gasteiger partial charge is 0.0590 e. The largest absolute Gasteiger partial charge is 0.371 e. The molecule has 0 N–H and O–H groups in total. The maximum absolute atomic E-state index is 4.59. The summed E-state index contributed by atoms with van der Waals surface area (Å²) >= 11 is 0. The van der Waals surface area contributed by atoms with Crippen LogP contribution in [0.3, 0.4) is 0 Å². The summed E-state index contributed by atoms with van der Waals surface area (Å²) in [5.74, 6) is 0.718. The Morgan fingerprint density at radius 3 is 2.78 bits per heavy atom. The van der Waals surface area contributed by atoms with Gasteiger partial charge in [0.25, 0.3) is 0 Å². The first-order valence-corrected chi connectivity index (χ1v) is 8.43. The van der Waals surface area contributed by atoms with Crippen LogP contribution in [0.5, 0.6) is 0 Å². The normalized spacial score (nSPS) is 22.4. The van der Waals surface area contributed by atoms with E-state index in [9.17, 15) is 0 Å². The fourth-order valence-corrected chi connectivity index (χ4v) is 4.08. The summed E-state index contributed by atoms with van der Waals surface area (Å²) in [5.41, 5.74) is 5.21. The lowest BCUT2D eigenvalue weighted by Gasteiger charge is -2.21. The van der Waals surface area contributed by atoms with Crippen molar-refractivity contribution >= 4 is 17.6 Å². The van der Waals surface area contributed by atoms with Gasteiger partial charge in [-0.05, 0) is 48.2 Å². The van der Waals surface area contributed by atoms with Crippen molar-refractivity contribution in [1.29, 1.82) is 0 Å². The van der Waals surface area contributed by atoms with Gasteiger partial charge in [0.15, 0.2) is 0 Å². The third-order valence-corrected chi connectivity index (χ3v) is 5.32. The van der Waals surface area contributed by atoms with E-state index < -0.39 is 0 Å². The average Bonchev–Trinajstić information content (AvgIpc) is 3.17. The summed E-state index contributed by atoms with van der Waals surface area (Å²) in [7, 11) is 4.23. The Hall–Kier alpha value is -2.29. The molecule has 2 aliphatic rings. The van der Waals surface area contributed by atoms with E-state index in [-0.39, 0.29) is 0 Å². The minimum absolute atomic E-state index is 0.712. The third-order valence-electron chi connectivity index (χ3n) is 5.32. The van der Waals surface area contributed by atoms with Crippen molar-refractivity contribution in [3.05, 3.63) is 59.7 Å². The Labute approximate surface area is 138 Å². The van der Waals surface area contributed by atoms with Crippen LogP contribution in [0, 0.1) is 0 Å². The molecule has 2 unspecified atom stereocenters. The average molecular weight is 305 g/mol. The van der Waals surface area contributed by atoms with Gasteiger partial charge in [-0.1, -0.05) is 30.7 Å². The maximum Gasteiger partial charge on any atom is 0.0590 e. The van der Waals surface area contributed by atoms with Crippen molar-refractivity contribution in [3.63, 3.8) is 0 Å². The highest BCUT2D eigenvalue weighted by Crippen LogP contribution is 2.48. The molecule has 23 heavy (non-hydrogen) atoms. The van der Waals surface area contributed by atoms with Gasteiger partial charge in [-0.3, -0.25) is 5.01 Å². The standard InChI is InChI=1S/C20H23N3/c1-22-19-10-6-9-17(19)18-13-15(11-12-20(18)22)14-21-23(2)16-7-4-3-5-8-16/h3-5,7-8,11-14,17,19H,6,9-10H2,1-2H3/b21-14+. The summed E-state index contributed by atoms with van der Waals surface area (Å²) in [6.45, 7) is 0. The molecule has 3 heteroatoms. The summed E-state index contributed by atoms with van der Waals surface area (Å²) in [6, 6.07) is 17.7. The molecule has 1 saturated carbocycles. The summed E-state index contributed by atoms with van der Waals surface area (Å²) in [5, 5.41) is 6.50. The van der Waals surface area contributed by atoms with Crippen molar-refractivity contribution in [1.82, 2.24) is 0 Å². The second kappa shape index (κ2) is 5.73. The molecule has 1 heterocycles. The number of nitrogens with zero attached hydrogens (tertiary/aromatic N) is 3. The van der Waals surface area contributed by atoms with E-state index in [2.05, 4.69) is 47.4 Å². The number of hydrogen-bond donors (Lipinski definition) is 0. The van der Waals surface area contributed by atoms with E-state index in [1.807, 2.05) is 36.5 Å². The monoisotopic (exact) mass is 305 g/mol. The second-order valence-electron chi connectivity index (χ2n) is 6.64. The van der Waals surface area contributed by atoms with Crippen LogP contribution in [0.4, 0.5) is 11.4 Å². The number of benzene rings is 2. The lowest BCUT2D eigenvalue weighted by Crippen LogP contribution is -2.26. The highest BCUT2D eigenvalue weighted by molar-refractivity contribution is 5.82. The zero-order chi connectivity index (χ0) is 15.8. The predicted molar refractivity (Wildman–Crippen MR) is 97.7 cm³/mol. The number of likely N-dealkylation sites (N-methyl/N-ethyl adjacent to an activating group) is 1. The molecular formula is C20H23N3. The predicted octanol–water partition coefficient (Wildman–Crippen LogP) is 4.24. The lowest BCUT2D eigenvalue weighted by molar-refractivity contribution is 0.625. The van der Waals surface area contributed by atoms with Gasteiger partial charge in [0.2, 0.25) is 0 Å². The molecule has 1 aliphatic heterocycles. The Kier molecular flexibility index (Phi) is 3.56. The summed E-state index contributed by atoms with van der Waals surface area (Å²) in [4.78, 5) is 2.48. The minimum atomic E-state index is 0.712. The Morgan fingerprint density at radius 2 is 1.96 bits per heavy atom. The van der Waals surface area contributed by atoms with Crippen molar-refractivity contribution in [2.45, 2.75) is 31.2 Å². The molecule has 0 bridgehead atoms. The number of hydrazone groups is 1. The first-order valence-electron chi connectivity index (χ1n) is 8.43. The van der Waals surface area contributed by atoms with Gasteiger partial charge in [0.1, 0.15) is 0 Å². The molecule has 4 rings (SSSR count). The van der Waals surface area contributed by atoms with Gasteiger partial charge in [-0.15, -0.1) is 0 Å². The second-order valence-corrected chi connectivity index (χ2v) is 6.64. The van der Waals surface area contributed by atoms with Crippen LogP contribution < -0.4 is 9.91 Å². The zero-order valence-corrected chi connectivity index (χ0v) is 13.8. The number of para-hydroxylation sites is 1. The van der Waals surface area contributed by atoms with E-state index in [1.54, 1.807) is 0 Å². The molecule has 2 aromatic carbocycles. The van der Waals surface area contributed by atoms with Crippen molar-refractivity contribution in [2.75, 3.05) is 24.0 Å². The Balaban J connectivity index is 1.57. The molecule has 1 fully saturated rings. The number of anilines is 2. The molecule has 0 aromatic heterocycles. The molecule has 118 valence electrons. The van der Waals surface area contributed by atoms with Gasteiger partial charge in [-0.2, -0.15) is 5.10 Å². The van der Waals surface area contributed by atoms with Crippen LogP contribution in [0.15, 0.2) is 53.6 Å². The van der Waals surface area contributed by atoms with E-state index in [1.165, 1.54) is 36.1 Å². The summed E-state index contributed by atoms with van der Waals surface area (Å²) < 4.78 is 0. The molecule has 1 aliphatic carbocycles. The van der Waals surface area contributed by atoms with Crippen molar-refractivity contribution in [3.8, 4) is 0 Å². The molecule has 3 nitrogen and oxygen atoms in total. The number of rotatable bonds is 3. The quantitative estimate of drug-likeness (QED) is 0.624. The third kappa shape index (κ3) is 2.50. The first-order chi connectivity index (χ1) is 11.2. The van der Waals surface area contributed by atoms with Gasteiger partial charge in [0.05, 0.1) is 11.9 Å². The topological polar surface area (TPSA) is 18.8 Å². The molecule has 0 radical (unpaired) electrons. The highest BCUT2D eigenvalue weighted by Gasteiger charge is 2.39. The van der Waals surface area contributed by atoms with Crippen LogP contribution in [-0.2, 0) is 0 Å². The van der Waals surface area contributed by atoms with Crippen LogP contribution >= 0.6 is 0 Å². The fraction of sp³-hybridized carbons (Fsp3) is 0.350.